The highest BCUT2D eigenvalue weighted by Crippen LogP contribution is 2.33. The Balaban J connectivity index is 2.26. The van der Waals surface area contributed by atoms with Crippen LogP contribution >= 0.6 is 0 Å². The number of carboxylic acids is 1. The number of benzene rings is 2. The van der Waals surface area contributed by atoms with Crippen LogP contribution in [0.5, 0.6) is 17.2 Å². The first-order valence-corrected chi connectivity index (χ1v) is 8.30. The van der Waals surface area contributed by atoms with Crippen molar-refractivity contribution >= 4 is 11.9 Å². The second kappa shape index (κ2) is 9.12. The molecule has 1 atom stereocenters. The van der Waals surface area contributed by atoms with Crippen LogP contribution in [0.4, 0.5) is 13.2 Å². The van der Waals surface area contributed by atoms with Crippen molar-refractivity contribution in [2.24, 2.45) is 0 Å². The minimum atomic E-state index is -4.75. The number of carboxylic acid groups (broad SMARTS) is 1. The standard InChI is InChI=1S/C19H18F3NO5/c1-2-27-15-9-5-6-10-16(15)28-14-8-4-3-7-12(14)17(24)23-13(18(25)26)11-19(20,21)22/h3-10,13H,2,11H2,1H3,(H,23,24)(H,25,26). The van der Waals surface area contributed by atoms with Crippen molar-refractivity contribution < 1.29 is 37.3 Å². The fraction of sp³-hybridized carbons (Fsp3) is 0.263. The van der Waals surface area contributed by atoms with E-state index in [1.54, 1.807) is 37.3 Å². The highest BCUT2D eigenvalue weighted by molar-refractivity contribution is 5.99. The molecule has 2 aromatic rings. The van der Waals surface area contributed by atoms with Gasteiger partial charge in [0.25, 0.3) is 5.91 Å². The first-order chi connectivity index (χ1) is 13.2. The molecule has 9 heteroatoms. The van der Waals surface area contributed by atoms with Crippen molar-refractivity contribution in [3.05, 3.63) is 54.1 Å². The van der Waals surface area contributed by atoms with Gasteiger partial charge in [0.15, 0.2) is 11.5 Å². The predicted molar refractivity (Wildman–Crippen MR) is 93.7 cm³/mol. The lowest BCUT2D eigenvalue weighted by atomic mass is 10.1. The Kier molecular flexibility index (Phi) is 6.86. The highest BCUT2D eigenvalue weighted by Gasteiger charge is 2.36. The number of nitrogens with one attached hydrogen (secondary N) is 1. The van der Waals surface area contributed by atoms with Gasteiger partial charge in [-0.3, -0.25) is 4.79 Å². The number of amides is 1. The maximum Gasteiger partial charge on any atom is 0.391 e. The summed E-state index contributed by atoms with van der Waals surface area (Å²) in [6.45, 7) is 2.16. The smallest absolute Gasteiger partial charge is 0.391 e. The second-order valence-electron chi connectivity index (χ2n) is 5.66. The normalized spacial score (nSPS) is 12.1. The van der Waals surface area contributed by atoms with Crippen molar-refractivity contribution in [3.8, 4) is 17.2 Å². The maximum atomic E-state index is 12.5. The van der Waals surface area contributed by atoms with Crippen molar-refractivity contribution in [2.45, 2.75) is 25.6 Å². The molecule has 2 rings (SSSR count). The van der Waals surface area contributed by atoms with Crippen LogP contribution in [0, 0.1) is 0 Å². The van der Waals surface area contributed by atoms with Gasteiger partial charge in [-0.1, -0.05) is 24.3 Å². The molecule has 0 aromatic heterocycles. The fourth-order valence-electron chi connectivity index (χ4n) is 2.34. The summed E-state index contributed by atoms with van der Waals surface area (Å²) in [6, 6.07) is 10.4. The molecule has 0 aliphatic heterocycles. The summed E-state index contributed by atoms with van der Waals surface area (Å²) in [5.74, 6) is -2.02. The molecule has 150 valence electrons. The molecule has 1 amide bonds. The summed E-state index contributed by atoms with van der Waals surface area (Å²) in [7, 11) is 0. The number of halogens is 3. The van der Waals surface area contributed by atoms with Gasteiger partial charge in [0.2, 0.25) is 0 Å². The third-order valence-corrected chi connectivity index (χ3v) is 3.54. The molecule has 1 unspecified atom stereocenters. The number of carbonyl (C=O) groups excluding carboxylic acids is 1. The summed E-state index contributed by atoms with van der Waals surface area (Å²) >= 11 is 0. The molecule has 2 aromatic carbocycles. The lowest BCUT2D eigenvalue weighted by molar-refractivity contribution is -0.157. The predicted octanol–water partition coefficient (Wildman–Crippen LogP) is 4.01. The lowest BCUT2D eigenvalue weighted by Crippen LogP contribution is -2.43. The lowest BCUT2D eigenvalue weighted by Gasteiger charge is -2.18. The number of ether oxygens (including phenoxy) is 2. The Morgan fingerprint density at radius 2 is 1.61 bits per heavy atom. The molecule has 0 saturated heterocycles. The van der Waals surface area contributed by atoms with E-state index in [4.69, 9.17) is 14.6 Å². The molecular formula is C19H18F3NO5. The SMILES string of the molecule is CCOc1ccccc1Oc1ccccc1C(=O)NC(CC(F)(F)F)C(=O)O. The topological polar surface area (TPSA) is 84.9 Å². The van der Waals surface area contributed by atoms with Crippen molar-refractivity contribution in [3.63, 3.8) is 0 Å². The molecule has 0 radical (unpaired) electrons. The second-order valence-corrected chi connectivity index (χ2v) is 5.66. The molecule has 2 N–H and O–H groups in total. The molecule has 0 spiro atoms. The van der Waals surface area contributed by atoms with E-state index in [1.807, 2.05) is 5.32 Å². The van der Waals surface area contributed by atoms with Gasteiger partial charge in [-0.2, -0.15) is 13.2 Å². The number of rotatable bonds is 8. The van der Waals surface area contributed by atoms with Crippen molar-refractivity contribution in [2.75, 3.05) is 6.61 Å². The van der Waals surface area contributed by atoms with Crippen LogP contribution in [-0.2, 0) is 4.79 Å². The molecule has 0 bridgehead atoms. The number of hydrogen-bond acceptors (Lipinski definition) is 4. The monoisotopic (exact) mass is 397 g/mol. The third-order valence-electron chi connectivity index (χ3n) is 3.54. The number of aliphatic carboxylic acids is 1. The van der Waals surface area contributed by atoms with Gasteiger partial charge in [0.05, 0.1) is 18.6 Å². The van der Waals surface area contributed by atoms with Crippen molar-refractivity contribution in [1.29, 1.82) is 0 Å². The third kappa shape index (κ3) is 5.90. The zero-order valence-corrected chi connectivity index (χ0v) is 14.8. The van der Waals surface area contributed by atoms with Crippen LogP contribution in [0.2, 0.25) is 0 Å². The van der Waals surface area contributed by atoms with E-state index in [-0.39, 0.29) is 11.3 Å². The van der Waals surface area contributed by atoms with Crippen LogP contribution in [0.25, 0.3) is 0 Å². The van der Waals surface area contributed by atoms with Gasteiger partial charge in [-0.05, 0) is 31.2 Å². The van der Waals surface area contributed by atoms with E-state index < -0.39 is 30.5 Å². The molecular weight excluding hydrogens is 379 g/mol. The fourth-order valence-corrected chi connectivity index (χ4v) is 2.34. The Hall–Kier alpha value is -3.23. The van der Waals surface area contributed by atoms with Gasteiger partial charge in [-0.25, -0.2) is 4.79 Å². The van der Waals surface area contributed by atoms with E-state index >= 15 is 0 Å². The van der Waals surface area contributed by atoms with Gasteiger partial charge in [0.1, 0.15) is 11.8 Å². The highest BCUT2D eigenvalue weighted by atomic mass is 19.4. The minimum Gasteiger partial charge on any atom is -0.490 e. The van der Waals surface area contributed by atoms with E-state index in [0.717, 1.165) is 0 Å². The molecule has 0 aliphatic carbocycles. The summed E-state index contributed by atoms with van der Waals surface area (Å²) in [4.78, 5) is 23.5. The Morgan fingerprint density at radius 1 is 1.04 bits per heavy atom. The zero-order valence-electron chi connectivity index (χ0n) is 14.8. The maximum absolute atomic E-state index is 12.5. The molecule has 0 heterocycles. The molecule has 0 fully saturated rings. The first kappa shape index (κ1) is 21.1. The largest absolute Gasteiger partial charge is 0.490 e. The van der Waals surface area contributed by atoms with Gasteiger partial charge in [0, 0.05) is 0 Å². The summed E-state index contributed by atoms with van der Waals surface area (Å²) < 4.78 is 48.8. The van der Waals surface area contributed by atoms with E-state index in [0.29, 0.717) is 18.1 Å². The van der Waals surface area contributed by atoms with Gasteiger partial charge in [-0.15, -0.1) is 0 Å². The number of hydrogen-bond donors (Lipinski definition) is 2. The van der Waals surface area contributed by atoms with Gasteiger partial charge < -0.3 is 19.9 Å². The number of carbonyl (C=O) groups is 2. The Labute approximate surface area is 158 Å². The minimum absolute atomic E-state index is 0.0447. The van der Waals surface area contributed by atoms with Crippen LogP contribution in [0.1, 0.15) is 23.7 Å². The molecule has 0 aliphatic rings. The number of alkyl halides is 3. The van der Waals surface area contributed by atoms with Gasteiger partial charge >= 0.3 is 12.1 Å². The molecule has 0 saturated carbocycles. The van der Waals surface area contributed by atoms with E-state index in [1.165, 1.54) is 18.2 Å². The zero-order chi connectivity index (χ0) is 20.7. The first-order valence-electron chi connectivity index (χ1n) is 8.30. The average molecular weight is 397 g/mol. The molecule has 6 nitrogen and oxygen atoms in total. The summed E-state index contributed by atoms with van der Waals surface area (Å²) in [5, 5.41) is 10.9. The Bertz CT molecular complexity index is 838. The summed E-state index contributed by atoms with van der Waals surface area (Å²) in [5.41, 5.74) is -0.109. The van der Waals surface area contributed by atoms with E-state index in [2.05, 4.69) is 0 Å². The van der Waals surface area contributed by atoms with E-state index in [9.17, 15) is 22.8 Å². The van der Waals surface area contributed by atoms with Crippen LogP contribution in [0.15, 0.2) is 48.5 Å². The molecule has 28 heavy (non-hydrogen) atoms. The quantitative estimate of drug-likeness (QED) is 0.703. The number of para-hydroxylation sites is 3. The average Bonchev–Trinajstić information content (AvgIpc) is 2.62. The summed E-state index contributed by atoms with van der Waals surface area (Å²) in [6.07, 6.45) is -6.44. The van der Waals surface area contributed by atoms with Crippen LogP contribution < -0.4 is 14.8 Å². The van der Waals surface area contributed by atoms with Crippen LogP contribution in [-0.4, -0.2) is 35.8 Å². The van der Waals surface area contributed by atoms with Crippen LogP contribution in [0.3, 0.4) is 0 Å². The van der Waals surface area contributed by atoms with Crippen molar-refractivity contribution in [1.82, 2.24) is 5.32 Å². The Morgan fingerprint density at radius 3 is 2.18 bits per heavy atom.